The number of rotatable bonds is 1. The number of hydrogen-bond acceptors (Lipinski definition) is 2. The fourth-order valence-electron chi connectivity index (χ4n) is 1.16. The third-order valence-corrected chi connectivity index (χ3v) is 1.86. The molecule has 1 rings (SSSR count). The van der Waals surface area contributed by atoms with Gasteiger partial charge < -0.3 is 4.74 Å². The average Bonchev–Trinajstić information content (AvgIpc) is 2.04. The molecule has 0 N–H and O–H groups in total. The first kappa shape index (κ1) is 8.05. The number of carbonyl (C=O) groups excluding carboxylic acids is 1. The van der Waals surface area contributed by atoms with Crippen LogP contribution in [0.25, 0.3) is 0 Å². The first-order chi connectivity index (χ1) is 5.25. The monoisotopic (exact) mass is 152 g/mol. The van der Waals surface area contributed by atoms with Crippen LogP contribution >= 0.6 is 0 Å². The standard InChI is InChI=1S/C9H12O2/c1-7-5-3-4-6-8(7)9(10)11-2/h4,6,8H,1,3,5H2,2H3. The Morgan fingerprint density at radius 3 is 3.09 bits per heavy atom. The zero-order valence-corrected chi connectivity index (χ0v) is 6.67. The Hall–Kier alpha value is -1.05. The average molecular weight is 152 g/mol. The number of allylic oxidation sites excluding steroid dienone is 1. The van der Waals surface area contributed by atoms with E-state index in [0.29, 0.717) is 0 Å². The van der Waals surface area contributed by atoms with Crippen molar-refractivity contribution in [3.63, 3.8) is 0 Å². The Labute approximate surface area is 66.5 Å². The molecule has 2 heteroatoms. The van der Waals surface area contributed by atoms with Gasteiger partial charge in [-0.25, -0.2) is 0 Å². The molecular weight excluding hydrogens is 140 g/mol. The van der Waals surface area contributed by atoms with E-state index < -0.39 is 0 Å². The molecule has 0 aliphatic heterocycles. The van der Waals surface area contributed by atoms with Crippen LogP contribution in [0.4, 0.5) is 0 Å². The first-order valence-electron chi connectivity index (χ1n) is 3.68. The number of methoxy groups -OCH3 is 1. The third-order valence-electron chi connectivity index (χ3n) is 1.86. The Kier molecular flexibility index (Phi) is 2.47. The number of hydrogen-bond donors (Lipinski definition) is 0. The summed E-state index contributed by atoms with van der Waals surface area (Å²) >= 11 is 0. The first-order valence-corrected chi connectivity index (χ1v) is 3.68. The van der Waals surface area contributed by atoms with Crippen LogP contribution in [0, 0.1) is 5.92 Å². The minimum Gasteiger partial charge on any atom is -0.468 e. The molecule has 11 heavy (non-hydrogen) atoms. The van der Waals surface area contributed by atoms with Crippen LogP contribution in [-0.4, -0.2) is 13.1 Å². The summed E-state index contributed by atoms with van der Waals surface area (Å²) in [6.45, 7) is 3.81. The molecule has 1 atom stereocenters. The molecule has 60 valence electrons. The van der Waals surface area contributed by atoms with Crippen LogP contribution in [0.5, 0.6) is 0 Å². The molecule has 0 bridgehead atoms. The summed E-state index contributed by atoms with van der Waals surface area (Å²) in [6.07, 6.45) is 5.75. The number of ether oxygens (including phenoxy) is 1. The molecule has 1 unspecified atom stereocenters. The van der Waals surface area contributed by atoms with Crippen LogP contribution in [0.15, 0.2) is 24.3 Å². The van der Waals surface area contributed by atoms with E-state index in [0.717, 1.165) is 18.4 Å². The molecular formula is C9H12O2. The van der Waals surface area contributed by atoms with E-state index in [1.807, 2.05) is 12.2 Å². The van der Waals surface area contributed by atoms with Crippen molar-refractivity contribution in [3.8, 4) is 0 Å². The molecule has 0 spiro atoms. The van der Waals surface area contributed by atoms with E-state index in [4.69, 9.17) is 0 Å². The Balaban J connectivity index is 2.69. The fraction of sp³-hybridized carbons (Fsp3) is 0.444. The normalized spacial score (nSPS) is 23.4. The molecule has 2 nitrogen and oxygen atoms in total. The van der Waals surface area contributed by atoms with Gasteiger partial charge in [0.2, 0.25) is 0 Å². The van der Waals surface area contributed by atoms with Crippen molar-refractivity contribution >= 4 is 5.97 Å². The summed E-state index contributed by atoms with van der Waals surface area (Å²) in [5.74, 6) is -0.403. The van der Waals surface area contributed by atoms with Gasteiger partial charge in [-0.2, -0.15) is 0 Å². The molecule has 0 fully saturated rings. The van der Waals surface area contributed by atoms with Crippen LogP contribution in [0.2, 0.25) is 0 Å². The largest absolute Gasteiger partial charge is 0.468 e. The Morgan fingerprint density at radius 1 is 1.82 bits per heavy atom. The van der Waals surface area contributed by atoms with Gasteiger partial charge >= 0.3 is 5.97 Å². The van der Waals surface area contributed by atoms with Crippen molar-refractivity contribution in [3.05, 3.63) is 24.3 Å². The highest BCUT2D eigenvalue weighted by molar-refractivity contribution is 5.77. The predicted molar refractivity (Wildman–Crippen MR) is 43.0 cm³/mol. The second kappa shape index (κ2) is 3.37. The van der Waals surface area contributed by atoms with E-state index in [2.05, 4.69) is 11.3 Å². The highest BCUT2D eigenvalue weighted by Crippen LogP contribution is 2.22. The second-order valence-corrected chi connectivity index (χ2v) is 2.63. The molecule has 1 aliphatic carbocycles. The van der Waals surface area contributed by atoms with Gasteiger partial charge in [0.05, 0.1) is 13.0 Å². The van der Waals surface area contributed by atoms with Crippen molar-refractivity contribution in [2.24, 2.45) is 5.92 Å². The quantitative estimate of drug-likeness (QED) is 0.422. The van der Waals surface area contributed by atoms with Crippen molar-refractivity contribution in [2.45, 2.75) is 12.8 Å². The molecule has 0 saturated heterocycles. The van der Waals surface area contributed by atoms with Crippen LogP contribution in [0.1, 0.15) is 12.8 Å². The third kappa shape index (κ3) is 1.70. The van der Waals surface area contributed by atoms with Gasteiger partial charge in [0.25, 0.3) is 0 Å². The maximum absolute atomic E-state index is 11.0. The lowest BCUT2D eigenvalue weighted by molar-refractivity contribution is -0.142. The second-order valence-electron chi connectivity index (χ2n) is 2.63. The molecule has 0 aromatic heterocycles. The number of esters is 1. The molecule has 0 saturated carbocycles. The van der Waals surface area contributed by atoms with E-state index in [-0.39, 0.29) is 11.9 Å². The SMILES string of the molecule is C=C1CCC=CC1C(=O)OC. The van der Waals surface area contributed by atoms with Gasteiger partial charge in [-0.3, -0.25) is 4.79 Å². The summed E-state index contributed by atoms with van der Waals surface area (Å²) in [5, 5.41) is 0. The topological polar surface area (TPSA) is 26.3 Å². The van der Waals surface area contributed by atoms with Crippen molar-refractivity contribution < 1.29 is 9.53 Å². The van der Waals surface area contributed by atoms with Crippen molar-refractivity contribution in [1.82, 2.24) is 0 Å². The summed E-state index contributed by atoms with van der Waals surface area (Å²) < 4.78 is 4.61. The zero-order chi connectivity index (χ0) is 8.27. The molecule has 1 aliphatic rings. The van der Waals surface area contributed by atoms with Gasteiger partial charge in [-0.15, -0.1) is 0 Å². The summed E-state index contributed by atoms with van der Waals surface area (Å²) in [5.41, 5.74) is 0.958. The van der Waals surface area contributed by atoms with Gasteiger partial charge in [0.15, 0.2) is 0 Å². The highest BCUT2D eigenvalue weighted by Gasteiger charge is 2.20. The van der Waals surface area contributed by atoms with E-state index in [1.54, 1.807) is 0 Å². The highest BCUT2D eigenvalue weighted by atomic mass is 16.5. The summed E-state index contributed by atoms with van der Waals surface area (Å²) in [4.78, 5) is 11.0. The van der Waals surface area contributed by atoms with Gasteiger partial charge in [-0.05, 0) is 12.8 Å². The van der Waals surface area contributed by atoms with Gasteiger partial charge in [0, 0.05) is 0 Å². The van der Waals surface area contributed by atoms with Crippen LogP contribution in [0.3, 0.4) is 0 Å². The van der Waals surface area contributed by atoms with Gasteiger partial charge in [-0.1, -0.05) is 24.3 Å². The number of carbonyl (C=O) groups is 1. The summed E-state index contributed by atoms with van der Waals surface area (Å²) in [7, 11) is 1.40. The Bertz CT molecular complexity index is 204. The lowest BCUT2D eigenvalue weighted by atomic mass is 9.91. The van der Waals surface area contributed by atoms with Crippen LogP contribution in [-0.2, 0) is 9.53 Å². The van der Waals surface area contributed by atoms with Crippen molar-refractivity contribution in [2.75, 3.05) is 7.11 Å². The molecule has 0 amide bonds. The maximum atomic E-state index is 11.0. The fourth-order valence-corrected chi connectivity index (χ4v) is 1.16. The lowest BCUT2D eigenvalue weighted by Gasteiger charge is -2.16. The molecule has 0 aromatic carbocycles. The lowest BCUT2D eigenvalue weighted by Crippen LogP contribution is -2.17. The van der Waals surface area contributed by atoms with E-state index in [1.165, 1.54) is 7.11 Å². The van der Waals surface area contributed by atoms with Crippen LogP contribution < -0.4 is 0 Å². The molecule has 0 heterocycles. The maximum Gasteiger partial charge on any atom is 0.316 e. The minimum absolute atomic E-state index is 0.200. The predicted octanol–water partition coefficient (Wildman–Crippen LogP) is 1.68. The van der Waals surface area contributed by atoms with Crippen molar-refractivity contribution in [1.29, 1.82) is 0 Å². The van der Waals surface area contributed by atoms with E-state index >= 15 is 0 Å². The summed E-state index contributed by atoms with van der Waals surface area (Å²) in [6, 6.07) is 0. The Morgan fingerprint density at radius 2 is 2.55 bits per heavy atom. The minimum atomic E-state index is -0.203. The molecule has 0 radical (unpaired) electrons. The molecule has 0 aromatic rings. The van der Waals surface area contributed by atoms with E-state index in [9.17, 15) is 4.79 Å². The van der Waals surface area contributed by atoms with Gasteiger partial charge in [0.1, 0.15) is 0 Å². The smallest absolute Gasteiger partial charge is 0.316 e. The zero-order valence-electron chi connectivity index (χ0n) is 6.67.